The Morgan fingerprint density at radius 3 is 2.77 bits per heavy atom. The molecule has 0 saturated heterocycles. The summed E-state index contributed by atoms with van der Waals surface area (Å²) in [5.41, 5.74) is 5.68. The Bertz CT molecular complexity index is 299. The zero-order valence-electron chi connectivity index (χ0n) is 8.06. The molecule has 5 nitrogen and oxygen atoms in total. The van der Waals surface area contributed by atoms with Gasteiger partial charge in [-0.3, -0.25) is 0 Å². The van der Waals surface area contributed by atoms with Crippen LogP contribution in [0.1, 0.15) is 32.5 Å². The molecule has 0 aromatic carbocycles. The van der Waals surface area contributed by atoms with Crippen molar-refractivity contribution in [3.05, 3.63) is 5.82 Å². The standard InChI is InChI=1S/C8H15N5/c1-6(2)5-13-11-7(10-12-13)8(9)3-4-8/h6H,3-5,9H2,1-2H3. The minimum Gasteiger partial charge on any atom is -0.319 e. The lowest BCUT2D eigenvalue weighted by molar-refractivity contribution is 0.427. The molecule has 1 aromatic heterocycles. The van der Waals surface area contributed by atoms with E-state index < -0.39 is 0 Å². The van der Waals surface area contributed by atoms with Gasteiger partial charge in [0.15, 0.2) is 5.82 Å². The molecular weight excluding hydrogens is 166 g/mol. The van der Waals surface area contributed by atoms with Crippen LogP contribution in [-0.2, 0) is 12.1 Å². The highest BCUT2D eigenvalue weighted by molar-refractivity contribution is 5.11. The number of tetrazole rings is 1. The molecule has 1 saturated carbocycles. The van der Waals surface area contributed by atoms with Crippen molar-refractivity contribution in [3.8, 4) is 0 Å². The maximum Gasteiger partial charge on any atom is 0.194 e. The summed E-state index contributed by atoms with van der Waals surface area (Å²) in [7, 11) is 0. The Balaban J connectivity index is 2.09. The largest absolute Gasteiger partial charge is 0.319 e. The number of rotatable bonds is 3. The van der Waals surface area contributed by atoms with Crippen LogP contribution in [0.2, 0.25) is 0 Å². The van der Waals surface area contributed by atoms with Gasteiger partial charge in [0.2, 0.25) is 0 Å². The molecule has 5 heteroatoms. The Kier molecular flexibility index (Phi) is 1.83. The zero-order valence-corrected chi connectivity index (χ0v) is 8.06. The van der Waals surface area contributed by atoms with Crippen LogP contribution < -0.4 is 5.73 Å². The van der Waals surface area contributed by atoms with E-state index in [1.54, 1.807) is 4.80 Å². The quantitative estimate of drug-likeness (QED) is 0.727. The summed E-state index contributed by atoms with van der Waals surface area (Å²) in [6, 6.07) is 0. The van der Waals surface area contributed by atoms with E-state index in [-0.39, 0.29) is 5.54 Å². The molecule has 0 amide bonds. The summed E-state index contributed by atoms with van der Waals surface area (Å²) in [6.07, 6.45) is 1.97. The smallest absolute Gasteiger partial charge is 0.194 e. The minimum absolute atomic E-state index is 0.255. The minimum atomic E-state index is -0.255. The van der Waals surface area contributed by atoms with Crippen molar-refractivity contribution in [1.29, 1.82) is 0 Å². The topological polar surface area (TPSA) is 69.6 Å². The summed E-state index contributed by atoms with van der Waals surface area (Å²) in [5.74, 6) is 1.24. The monoisotopic (exact) mass is 181 g/mol. The lowest BCUT2D eigenvalue weighted by Crippen LogP contribution is -2.21. The highest BCUT2D eigenvalue weighted by Gasteiger charge is 2.44. The average molecular weight is 181 g/mol. The molecular formula is C8H15N5. The number of aromatic nitrogens is 4. The average Bonchev–Trinajstić information content (AvgIpc) is 2.62. The second kappa shape index (κ2) is 2.77. The second-order valence-electron chi connectivity index (χ2n) is 4.22. The van der Waals surface area contributed by atoms with Crippen molar-refractivity contribution >= 4 is 0 Å². The molecule has 0 unspecified atom stereocenters. The molecule has 2 rings (SSSR count). The summed E-state index contributed by atoms with van der Waals surface area (Å²) in [6.45, 7) is 5.06. The van der Waals surface area contributed by atoms with Gasteiger partial charge in [0.1, 0.15) is 0 Å². The number of nitrogens with two attached hydrogens (primary N) is 1. The first-order valence-corrected chi connectivity index (χ1v) is 4.67. The molecule has 0 spiro atoms. The molecule has 1 aliphatic rings. The van der Waals surface area contributed by atoms with Gasteiger partial charge in [-0.15, -0.1) is 10.2 Å². The van der Waals surface area contributed by atoms with Gasteiger partial charge in [-0.2, -0.15) is 4.80 Å². The maximum absolute atomic E-state index is 5.93. The number of hydrogen-bond acceptors (Lipinski definition) is 4. The van der Waals surface area contributed by atoms with E-state index in [0.29, 0.717) is 11.7 Å². The van der Waals surface area contributed by atoms with Crippen LogP contribution in [0.3, 0.4) is 0 Å². The number of hydrogen-bond donors (Lipinski definition) is 1. The van der Waals surface area contributed by atoms with Gasteiger partial charge in [0.25, 0.3) is 0 Å². The van der Waals surface area contributed by atoms with Crippen molar-refractivity contribution in [3.63, 3.8) is 0 Å². The van der Waals surface area contributed by atoms with Gasteiger partial charge in [-0.25, -0.2) is 0 Å². The van der Waals surface area contributed by atoms with E-state index >= 15 is 0 Å². The third-order valence-corrected chi connectivity index (χ3v) is 2.22. The van der Waals surface area contributed by atoms with Crippen LogP contribution in [0.25, 0.3) is 0 Å². The third kappa shape index (κ3) is 1.70. The second-order valence-corrected chi connectivity index (χ2v) is 4.22. The summed E-state index contributed by atoms with van der Waals surface area (Å²) in [4.78, 5) is 1.63. The van der Waals surface area contributed by atoms with E-state index in [2.05, 4.69) is 29.3 Å². The van der Waals surface area contributed by atoms with Gasteiger partial charge >= 0.3 is 0 Å². The molecule has 72 valence electrons. The predicted octanol–water partition coefficient (Wildman–Crippen LogP) is 0.277. The maximum atomic E-state index is 5.93. The molecule has 1 aliphatic carbocycles. The summed E-state index contributed by atoms with van der Waals surface area (Å²) >= 11 is 0. The third-order valence-electron chi connectivity index (χ3n) is 2.22. The van der Waals surface area contributed by atoms with Crippen LogP contribution >= 0.6 is 0 Å². The van der Waals surface area contributed by atoms with Crippen LogP contribution in [-0.4, -0.2) is 20.2 Å². The van der Waals surface area contributed by atoms with Crippen molar-refractivity contribution in [2.45, 2.75) is 38.8 Å². The van der Waals surface area contributed by atoms with E-state index in [9.17, 15) is 0 Å². The van der Waals surface area contributed by atoms with Crippen LogP contribution in [0.5, 0.6) is 0 Å². The molecule has 0 aliphatic heterocycles. The molecule has 13 heavy (non-hydrogen) atoms. The lowest BCUT2D eigenvalue weighted by atomic mass is 10.2. The van der Waals surface area contributed by atoms with Gasteiger partial charge < -0.3 is 5.73 Å². The van der Waals surface area contributed by atoms with Crippen LogP contribution in [0, 0.1) is 5.92 Å². The Morgan fingerprint density at radius 2 is 2.23 bits per heavy atom. The summed E-state index contributed by atoms with van der Waals surface area (Å²) in [5, 5.41) is 12.2. The first-order chi connectivity index (χ1) is 6.10. The fourth-order valence-electron chi connectivity index (χ4n) is 1.20. The van der Waals surface area contributed by atoms with E-state index in [4.69, 9.17) is 5.73 Å². The molecule has 1 heterocycles. The first-order valence-electron chi connectivity index (χ1n) is 4.67. The fourth-order valence-corrected chi connectivity index (χ4v) is 1.20. The van der Waals surface area contributed by atoms with Gasteiger partial charge in [-0.1, -0.05) is 13.8 Å². The van der Waals surface area contributed by atoms with Gasteiger partial charge in [0.05, 0.1) is 12.1 Å². The Labute approximate surface area is 77.3 Å². The fraction of sp³-hybridized carbons (Fsp3) is 0.875. The van der Waals surface area contributed by atoms with E-state index in [1.165, 1.54) is 0 Å². The Morgan fingerprint density at radius 1 is 1.54 bits per heavy atom. The molecule has 0 atom stereocenters. The van der Waals surface area contributed by atoms with Crippen LogP contribution in [0.4, 0.5) is 0 Å². The van der Waals surface area contributed by atoms with Crippen LogP contribution in [0.15, 0.2) is 0 Å². The normalized spacial score (nSPS) is 19.4. The Hall–Kier alpha value is -0.970. The van der Waals surface area contributed by atoms with Crippen molar-refractivity contribution in [2.24, 2.45) is 11.7 Å². The predicted molar refractivity (Wildman–Crippen MR) is 47.8 cm³/mol. The van der Waals surface area contributed by atoms with Crippen molar-refractivity contribution in [2.75, 3.05) is 0 Å². The van der Waals surface area contributed by atoms with Gasteiger partial charge in [0, 0.05) is 0 Å². The highest BCUT2D eigenvalue weighted by atomic mass is 15.6. The molecule has 1 aromatic rings. The van der Waals surface area contributed by atoms with Gasteiger partial charge in [-0.05, 0) is 24.0 Å². The molecule has 0 radical (unpaired) electrons. The summed E-state index contributed by atoms with van der Waals surface area (Å²) < 4.78 is 0. The zero-order chi connectivity index (χ0) is 9.47. The van der Waals surface area contributed by atoms with E-state index in [1.807, 2.05) is 0 Å². The van der Waals surface area contributed by atoms with E-state index in [0.717, 1.165) is 19.4 Å². The van der Waals surface area contributed by atoms with Crippen molar-refractivity contribution in [1.82, 2.24) is 20.2 Å². The number of nitrogens with zero attached hydrogens (tertiary/aromatic N) is 4. The molecule has 1 fully saturated rings. The van der Waals surface area contributed by atoms with Crippen molar-refractivity contribution < 1.29 is 0 Å². The molecule has 2 N–H and O–H groups in total. The molecule has 0 bridgehead atoms. The highest BCUT2D eigenvalue weighted by Crippen LogP contribution is 2.40. The first kappa shape index (κ1) is 8.62. The lowest BCUT2D eigenvalue weighted by Gasteiger charge is -2.02. The SMILES string of the molecule is CC(C)Cn1nnc(C2(N)CC2)n1.